The lowest BCUT2D eigenvalue weighted by atomic mass is 10.1. The number of nitrogens with two attached hydrogens (primary N) is 1. The number of H-pyrrole nitrogens is 1. The molecule has 4 rings (SSSR count). The van der Waals surface area contributed by atoms with E-state index < -0.39 is 0 Å². The fourth-order valence-corrected chi connectivity index (χ4v) is 2.99. The van der Waals surface area contributed by atoms with Crippen molar-refractivity contribution < 1.29 is 12.4 Å². The minimum atomic E-state index is -0.327. The Morgan fingerprint density at radius 2 is 2.19 bits per heavy atom. The van der Waals surface area contributed by atoms with E-state index in [1.807, 2.05) is 30.3 Å². The minimum Gasteiger partial charge on any atom is -0.453 e. The fourth-order valence-electron chi connectivity index (χ4n) is 2.99. The van der Waals surface area contributed by atoms with Crippen LogP contribution >= 0.6 is 0 Å². The number of methoxy groups -OCH3 is 1. The monoisotopic (exact) mass is 354 g/mol. The molecule has 8 heteroatoms. The molecule has 2 aromatic heterocycles. The molecule has 0 radical (unpaired) electrons. The molecule has 0 aliphatic carbocycles. The number of para-hydroxylation sites is 2. The molecule has 0 spiro atoms. The zero-order valence-electron chi connectivity index (χ0n) is 14.3. The van der Waals surface area contributed by atoms with Crippen LogP contribution in [0.4, 0.5) is 10.6 Å². The number of hydrogen-bond donors (Lipinski definition) is 2. The van der Waals surface area contributed by atoms with Crippen molar-refractivity contribution in [2.24, 2.45) is 0 Å². The van der Waals surface area contributed by atoms with Crippen LogP contribution in [-0.2, 0) is 4.74 Å². The quantitative estimate of drug-likeness (QED) is 0.732. The summed E-state index contributed by atoms with van der Waals surface area (Å²) in [5, 5.41) is 0. The smallest absolute Gasteiger partial charge is 0.409 e. The third kappa shape index (κ3) is 2.85. The van der Waals surface area contributed by atoms with Crippen molar-refractivity contribution in [1.29, 1.82) is 0 Å². The van der Waals surface area contributed by atoms with Gasteiger partial charge in [0, 0.05) is 15.9 Å². The van der Waals surface area contributed by atoms with Gasteiger partial charge in [0.1, 0.15) is 5.69 Å². The largest absolute Gasteiger partial charge is 0.453 e. The van der Waals surface area contributed by atoms with E-state index in [1.54, 1.807) is 11.1 Å². The molecular weight excluding hydrogens is 332 g/mol. The number of hydrogen-bond acceptors (Lipinski definition) is 6. The first-order chi connectivity index (χ1) is 12.7. The first-order valence-electron chi connectivity index (χ1n) is 8.25. The number of nitrogens with one attached hydrogen (secondary N) is 1. The normalized spacial score (nSPS) is 14.3. The lowest BCUT2D eigenvalue weighted by Gasteiger charge is -2.24. The molecule has 1 aliphatic heterocycles. The van der Waals surface area contributed by atoms with E-state index in [2.05, 4.69) is 19.9 Å². The summed E-state index contributed by atoms with van der Waals surface area (Å²) in [5.41, 5.74) is 10.1. The number of carbonyl (C=O) groups excluding carboxylic acids is 1. The number of rotatable bonds is 2. The van der Waals surface area contributed by atoms with E-state index in [9.17, 15) is 4.79 Å². The summed E-state index contributed by atoms with van der Waals surface area (Å²) in [6.07, 6.45) is 3.96. The second kappa shape index (κ2) is 6.47. The Balaban J connectivity index is 0.00000140. The Kier molecular flexibility index (Phi) is 4.00. The van der Waals surface area contributed by atoms with E-state index in [0.717, 1.165) is 22.3 Å². The SMILES string of the molecule is COC(=O)N1CC=C(c2cnc(N)c(-c3nc4ccccc4[nH]3)n2)CC1.[HH].[HH]. The summed E-state index contributed by atoms with van der Waals surface area (Å²) in [5.74, 6) is 0.908. The van der Waals surface area contributed by atoms with Gasteiger partial charge in [-0.05, 0) is 24.1 Å². The molecular formula is C18H22N6O2. The second-order valence-corrected chi connectivity index (χ2v) is 5.99. The number of ether oxygens (including phenoxy) is 1. The molecule has 8 nitrogen and oxygen atoms in total. The van der Waals surface area contributed by atoms with E-state index >= 15 is 0 Å². The molecule has 0 bridgehead atoms. The van der Waals surface area contributed by atoms with Crippen molar-refractivity contribution in [3.05, 3.63) is 42.2 Å². The number of amides is 1. The third-order valence-electron chi connectivity index (χ3n) is 4.39. The van der Waals surface area contributed by atoms with Crippen molar-refractivity contribution in [3.63, 3.8) is 0 Å². The van der Waals surface area contributed by atoms with E-state index in [1.165, 1.54) is 7.11 Å². The van der Waals surface area contributed by atoms with Gasteiger partial charge in [0.2, 0.25) is 0 Å². The topological polar surface area (TPSA) is 110 Å². The molecule has 3 aromatic rings. The van der Waals surface area contributed by atoms with Gasteiger partial charge in [-0.15, -0.1) is 0 Å². The number of nitrogen functional groups attached to an aromatic ring is 1. The van der Waals surface area contributed by atoms with Gasteiger partial charge in [-0.25, -0.2) is 19.7 Å². The Morgan fingerprint density at radius 1 is 1.35 bits per heavy atom. The van der Waals surface area contributed by atoms with Crippen LogP contribution in [0.25, 0.3) is 28.1 Å². The number of aromatic nitrogens is 4. The minimum absolute atomic E-state index is 0. The number of anilines is 1. The highest BCUT2D eigenvalue weighted by Crippen LogP contribution is 2.26. The molecule has 0 unspecified atom stereocenters. The Labute approximate surface area is 152 Å². The van der Waals surface area contributed by atoms with E-state index in [4.69, 9.17) is 10.5 Å². The molecule has 1 aliphatic rings. The standard InChI is InChI=1S/C18H18N6O2.2H2/c1-26-18(25)24-8-6-11(7-9-24)14-10-20-16(19)15(21-14)17-22-12-4-2-3-5-13(12)23-17;;/h2-6,10H,7-9H2,1H3,(H2,19,20)(H,22,23);2*1H. The zero-order chi connectivity index (χ0) is 18.1. The van der Waals surface area contributed by atoms with Crippen molar-refractivity contribution in [1.82, 2.24) is 24.8 Å². The molecule has 136 valence electrons. The van der Waals surface area contributed by atoms with Gasteiger partial charge in [-0.1, -0.05) is 18.2 Å². The summed E-state index contributed by atoms with van der Waals surface area (Å²) >= 11 is 0. The van der Waals surface area contributed by atoms with Crippen molar-refractivity contribution in [2.45, 2.75) is 6.42 Å². The number of nitrogens with zero attached hydrogens (tertiary/aromatic N) is 4. The van der Waals surface area contributed by atoms with Crippen molar-refractivity contribution in [3.8, 4) is 11.5 Å². The van der Waals surface area contributed by atoms with Crippen LogP contribution in [0.15, 0.2) is 36.5 Å². The molecule has 3 N–H and O–H groups in total. The van der Waals surface area contributed by atoms with E-state index in [0.29, 0.717) is 36.8 Å². The van der Waals surface area contributed by atoms with Gasteiger partial charge in [-0.3, -0.25) is 0 Å². The lowest BCUT2D eigenvalue weighted by Crippen LogP contribution is -2.34. The van der Waals surface area contributed by atoms with Crippen LogP contribution in [0, 0.1) is 0 Å². The molecule has 1 aromatic carbocycles. The number of fused-ring (bicyclic) bond motifs is 1. The molecule has 0 fully saturated rings. The summed E-state index contributed by atoms with van der Waals surface area (Å²) in [4.78, 5) is 30.0. The predicted molar refractivity (Wildman–Crippen MR) is 102 cm³/mol. The number of aromatic amines is 1. The number of benzene rings is 1. The Bertz CT molecular complexity index is 987. The highest BCUT2D eigenvalue weighted by molar-refractivity contribution is 5.81. The highest BCUT2D eigenvalue weighted by Gasteiger charge is 2.20. The summed E-state index contributed by atoms with van der Waals surface area (Å²) in [7, 11) is 1.38. The first kappa shape index (κ1) is 16.1. The lowest BCUT2D eigenvalue weighted by molar-refractivity contribution is 0.128. The van der Waals surface area contributed by atoms with E-state index in [-0.39, 0.29) is 8.95 Å². The number of carbonyl (C=O) groups is 1. The van der Waals surface area contributed by atoms with Gasteiger partial charge in [0.05, 0.1) is 30.0 Å². The average molecular weight is 354 g/mol. The van der Waals surface area contributed by atoms with Gasteiger partial charge in [-0.2, -0.15) is 0 Å². The highest BCUT2D eigenvalue weighted by atomic mass is 16.5. The van der Waals surface area contributed by atoms with Crippen LogP contribution in [-0.4, -0.2) is 51.1 Å². The molecule has 1 amide bonds. The van der Waals surface area contributed by atoms with Gasteiger partial charge < -0.3 is 20.4 Å². The van der Waals surface area contributed by atoms with Gasteiger partial charge in [0.25, 0.3) is 0 Å². The summed E-state index contributed by atoms with van der Waals surface area (Å²) < 4.78 is 4.75. The van der Waals surface area contributed by atoms with Crippen LogP contribution in [0.5, 0.6) is 0 Å². The molecule has 3 heterocycles. The maximum atomic E-state index is 11.6. The van der Waals surface area contributed by atoms with Crippen LogP contribution in [0.1, 0.15) is 15.0 Å². The fraction of sp³-hybridized carbons (Fsp3) is 0.222. The summed E-state index contributed by atoms with van der Waals surface area (Å²) in [6.45, 7) is 1.05. The zero-order valence-corrected chi connectivity index (χ0v) is 14.3. The van der Waals surface area contributed by atoms with Crippen molar-refractivity contribution >= 4 is 28.5 Å². The van der Waals surface area contributed by atoms with Crippen LogP contribution in [0.2, 0.25) is 0 Å². The predicted octanol–water partition coefficient (Wildman–Crippen LogP) is 2.95. The van der Waals surface area contributed by atoms with Gasteiger partial charge in [0.15, 0.2) is 11.6 Å². The van der Waals surface area contributed by atoms with Crippen molar-refractivity contribution in [2.75, 3.05) is 25.9 Å². The Hall–Kier alpha value is -3.42. The number of imidazole rings is 1. The molecule has 0 saturated heterocycles. The first-order valence-corrected chi connectivity index (χ1v) is 8.25. The molecule has 0 saturated carbocycles. The molecule has 26 heavy (non-hydrogen) atoms. The third-order valence-corrected chi connectivity index (χ3v) is 4.39. The second-order valence-electron chi connectivity index (χ2n) is 5.99. The van der Waals surface area contributed by atoms with Crippen LogP contribution in [0.3, 0.4) is 0 Å². The molecule has 0 atom stereocenters. The summed E-state index contributed by atoms with van der Waals surface area (Å²) in [6, 6.07) is 7.74. The van der Waals surface area contributed by atoms with Gasteiger partial charge >= 0.3 is 6.09 Å². The Morgan fingerprint density at radius 3 is 2.92 bits per heavy atom. The maximum absolute atomic E-state index is 11.6. The maximum Gasteiger partial charge on any atom is 0.409 e. The average Bonchev–Trinajstić information content (AvgIpc) is 3.12. The van der Waals surface area contributed by atoms with Crippen LogP contribution < -0.4 is 5.73 Å².